The van der Waals surface area contributed by atoms with Crippen LogP contribution in [0.4, 0.5) is 0 Å². The average Bonchev–Trinajstić information content (AvgIpc) is 2.46. The summed E-state index contributed by atoms with van der Waals surface area (Å²) < 4.78 is 5.40. The molecule has 0 aliphatic rings. The number of pyridine rings is 1. The van der Waals surface area contributed by atoms with Crippen molar-refractivity contribution in [3.63, 3.8) is 0 Å². The first kappa shape index (κ1) is 14.5. The molecule has 0 radical (unpaired) electrons. The molecule has 106 valence electrons. The number of ether oxygens (including phenoxy) is 1. The molecular weight excluding hydrogens is 248 g/mol. The van der Waals surface area contributed by atoms with Crippen LogP contribution in [0.3, 0.4) is 0 Å². The van der Waals surface area contributed by atoms with E-state index < -0.39 is 0 Å². The molecule has 0 saturated heterocycles. The minimum Gasteiger partial charge on any atom is -0.496 e. The number of nitrogens with two attached hydrogens (primary N) is 1. The Labute approximate surface area is 120 Å². The predicted molar refractivity (Wildman–Crippen MR) is 82.0 cm³/mol. The monoisotopic (exact) mass is 270 g/mol. The summed E-state index contributed by atoms with van der Waals surface area (Å²) in [5.41, 5.74) is 9.76. The van der Waals surface area contributed by atoms with Gasteiger partial charge in [-0.15, -0.1) is 0 Å². The maximum Gasteiger partial charge on any atom is 0.122 e. The second kappa shape index (κ2) is 7.06. The molecule has 0 amide bonds. The van der Waals surface area contributed by atoms with Crippen LogP contribution in [0.5, 0.6) is 5.75 Å². The van der Waals surface area contributed by atoms with Crippen LogP contribution in [0.2, 0.25) is 0 Å². The van der Waals surface area contributed by atoms with E-state index in [1.54, 1.807) is 7.11 Å². The molecule has 3 heteroatoms. The van der Waals surface area contributed by atoms with Crippen LogP contribution >= 0.6 is 0 Å². The molecule has 1 heterocycles. The lowest BCUT2D eigenvalue weighted by Crippen LogP contribution is -2.24. The number of benzene rings is 1. The molecule has 2 aromatic rings. The van der Waals surface area contributed by atoms with Crippen molar-refractivity contribution in [3.8, 4) is 5.75 Å². The predicted octanol–water partition coefficient (Wildman–Crippen LogP) is 2.90. The van der Waals surface area contributed by atoms with Gasteiger partial charge < -0.3 is 10.5 Å². The highest BCUT2D eigenvalue weighted by atomic mass is 16.5. The van der Waals surface area contributed by atoms with Crippen LogP contribution < -0.4 is 10.5 Å². The number of rotatable bonds is 6. The Morgan fingerprint density at radius 1 is 1.25 bits per heavy atom. The van der Waals surface area contributed by atoms with Crippen LogP contribution in [0.1, 0.15) is 23.2 Å². The van der Waals surface area contributed by atoms with E-state index in [1.807, 2.05) is 30.5 Å². The Morgan fingerprint density at radius 3 is 2.80 bits per heavy atom. The summed E-state index contributed by atoms with van der Waals surface area (Å²) in [6, 6.07) is 12.3. The molecule has 2 N–H and O–H groups in total. The summed E-state index contributed by atoms with van der Waals surface area (Å²) in [7, 11) is 1.70. The van der Waals surface area contributed by atoms with E-state index >= 15 is 0 Å². The molecule has 1 aromatic carbocycles. The first-order valence-corrected chi connectivity index (χ1v) is 6.98. The van der Waals surface area contributed by atoms with Crippen LogP contribution in [-0.2, 0) is 12.8 Å². The van der Waals surface area contributed by atoms with Crippen molar-refractivity contribution in [2.24, 2.45) is 5.73 Å². The number of aryl methyl sites for hydroxylation is 2. The molecule has 3 nitrogen and oxygen atoms in total. The molecule has 0 bridgehead atoms. The highest BCUT2D eigenvalue weighted by Gasteiger charge is 2.09. The van der Waals surface area contributed by atoms with Crippen LogP contribution in [0.15, 0.2) is 42.6 Å². The highest BCUT2D eigenvalue weighted by molar-refractivity contribution is 5.37. The Morgan fingerprint density at radius 2 is 2.10 bits per heavy atom. The van der Waals surface area contributed by atoms with Gasteiger partial charge in [-0.3, -0.25) is 4.98 Å². The van der Waals surface area contributed by atoms with Crippen molar-refractivity contribution in [2.75, 3.05) is 7.11 Å². The number of aromatic nitrogens is 1. The standard InChI is InChI=1S/C17H22N2O/c1-13-6-9-17(20-2)14(11-13)12-15(18)7-8-16-5-3-4-10-19-16/h3-6,9-11,15H,7-8,12,18H2,1-2H3. The van der Waals surface area contributed by atoms with Crippen molar-refractivity contribution in [3.05, 3.63) is 59.4 Å². The molecule has 1 aromatic heterocycles. The molecule has 0 aliphatic heterocycles. The maximum absolute atomic E-state index is 6.24. The minimum atomic E-state index is 0.118. The third-order valence-electron chi connectivity index (χ3n) is 3.42. The van der Waals surface area contributed by atoms with Crippen molar-refractivity contribution < 1.29 is 4.74 Å². The summed E-state index contributed by atoms with van der Waals surface area (Å²) in [5, 5.41) is 0. The molecule has 0 fully saturated rings. The summed E-state index contributed by atoms with van der Waals surface area (Å²) in [6.07, 6.45) is 4.49. The SMILES string of the molecule is COc1ccc(C)cc1CC(N)CCc1ccccn1. The van der Waals surface area contributed by atoms with E-state index in [1.165, 1.54) is 11.1 Å². The summed E-state index contributed by atoms with van der Waals surface area (Å²) in [5.74, 6) is 0.920. The molecule has 1 unspecified atom stereocenters. The largest absolute Gasteiger partial charge is 0.496 e. The van der Waals surface area contributed by atoms with Crippen molar-refractivity contribution >= 4 is 0 Å². The van der Waals surface area contributed by atoms with Crippen LogP contribution in [0, 0.1) is 6.92 Å². The van der Waals surface area contributed by atoms with Gasteiger partial charge in [0.2, 0.25) is 0 Å². The second-order valence-corrected chi connectivity index (χ2v) is 5.14. The Bertz CT molecular complexity index is 540. The van der Waals surface area contributed by atoms with E-state index in [2.05, 4.69) is 24.0 Å². The first-order valence-electron chi connectivity index (χ1n) is 6.98. The molecule has 20 heavy (non-hydrogen) atoms. The fraction of sp³-hybridized carbons (Fsp3) is 0.353. The van der Waals surface area contributed by atoms with E-state index in [-0.39, 0.29) is 6.04 Å². The topological polar surface area (TPSA) is 48.1 Å². The van der Waals surface area contributed by atoms with Crippen LogP contribution in [-0.4, -0.2) is 18.1 Å². The van der Waals surface area contributed by atoms with E-state index in [9.17, 15) is 0 Å². The number of hydrogen-bond acceptors (Lipinski definition) is 3. The van der Waals surface area contributed by atoms with Gasteiger partial charge in [0, 0.05) is 17.9 Å². The third-order valence-corrected chi connectivity index (χ3v) is 3.42. The van der Waals surface area contributed by atoms with Gasteiger partial charge in [0.05, 0.1) is 7.11 Å². The zero-order chi connectivity index (χ0) is 14.4. The molecule has 0 aliphatic carbocycles. The van der Waals surface area contributed by atoms with Gasteiger partial charge in [-0.05, 0) is 49.9 Å². The zero-order valence-corrected chi connectivity index (χ0v) is 12.2. The molecule has 1 atom stereocenters. The summed E-state index contributed by atoms with van der Waals surface area (Å²) in [6.45, 7) is 2.09. The number of methoxy groups -OCH3 is 1. The zero-order valence-electron chi connectivity index (χ0n) is 12.2. The molecule has 0 spiro atoms. The minimum absolute atomic E-state index is 0.118. The summed E-state index contributed by atoms with van der Waals surface area (Å²) in [4.78, 5) is 4.33. The quantitative estimate of drug-likeness (QED) is 0.878. The molecule has 0 saturated carbocycles. The Balaban J connectivity index is 1.94. The lowest BCUT2D eigenvalue weighted by Gasteiger charge is -2.14. The molecular formula is C17H22N2O. The van der Waals surface area contributed by atoms with E-state index in [4.69, 9.17) is 10.5 Å². The lowest BCUT2D eigenvalue weighted by atomic mass is 9.99. The third kappa shape index (κ3) is 4.07. The van der Waals surface area contributed by atoms with Crippen LogP contribution in [0.25, 0.3) is 0 Å². The Hall–Kier alpha value is -1.87. The average molecular weight is 270 g/mol. The first-order chi connectivity index (χ1) is 9.69. The van der Waals surface area contributed by atoms with Crippen molar-refractivity contribution in [1.82, 2.24) is 4.98 Å². The highest BCUT2D eigenvalue weighted by Crippen LogP contribution is 2.21. The van der Waals surface area contributed by atoms with Gasteiger partial charge >= 0.3 is 0 Å². The fourth-order valence-corrected chi connectivity index (χ4v) is 2.33. The number of hydrogen-bond donors (Lipinski definition) is 1. The lowest BCUT2D eigenvalue weighted by molar-refractivity contribution is 0.407. The summed E-state index contributed by atoms with van der Waals surface area (Å²) >= 11 is 0. The number of nitrogens with zero attached hydrogens (tertiary/aromatic N) is 1. The van der Waals surface area contributed by atoms with E-state index in [0.29, 0.717) is 0 Å². The van der Waals surface area contributed by atoms with Crippen molar-refractivity contribution in [1.29, 1.82) is 0 Å². The van der Waals surface area contributed by atoms with Gasteiger partial charge in [0.15, 0.2) is 0 Å². The Kier molecular flexibility index (Phi) is 5.13. The second-order valence-electron chi connectivity index (χ2n) is 5.14. The van der Waals surface area contributed by atoms with Gasteiger partial charge in [0.25, 0.3) is 0 Å². The fourth-order valence-electron chi connectivity index (χ4n) is 2.33. The van der Waals surface area contributed by atoms with Gasteiger partial charge in [-0.1, -0.05) is 23.8 Å². The van der Waals surface area contributed by atoms with Crippen molar-refractivity contribution in [2.45, 2.75) is 32.2 Å². The van der Waals surface area contributed by atoms with Gasteiger partial charge in [-0.2, -0.15) is 0 Å². The van der Waals surface area contributed by atoms with E-state index in [0.717, 1.165) is 30.7 Å². The smallest absolute Gasteiger partial charge is 0.122 e. The maximum atomic E-state index is 6.24. The molecule has 2 rings (SSSR count). The van der Waals surface area contributed by atoms with Gasteiger partial charge in [-0.25, -0.2) is 0 Å². The normalized spacial score (nSPS) is 12.2. The van der Waals surface area contributed by atoms with Gasteiger partial charge in [0.1, 0.15) is 5.75 Å².